The lowest BCUT2D eigenvalue weighted by atomic mass is 10.3. The molecule has 188 valence electrons. The van der Waals surface area contributed by atoms with Crippen molar-refractivity contribution in [3.05, 3.63) is 65.3 Å². The summed E-state index contributed by atoms with van der Waals surface area (Å²) in [5, 5.41) is 8.56. The smallest absolute Gasteiger partial charge is 0.321 e. The van der Waals surface area contributed by atoms with Gasteiger partial charge in [-0.25, -0.2) is 18.2 Å². The summed E-state index contributed by atoms with van der Waals surface area (Å²) in [4.78, 5) is 35.3. The maximum atomic E-state index is 12.4. The number of carbonyl (C=O) groups is 2. The molecule has 12 heteroatoms. The number of nitrogens with zero attached hydrogens (tertiary/aromatic N) is 3. The molecule has 4 rings (SSSR count). The van der Waals surface area contributed by atoms with Gasteiger partial charge in [0, 0.05) is 37.1 Å². The Kier molecular flexibility index (Phi) is 8.16. The van der Waals surface area contributed by atoms with E-state index >= 15 is 0 Å². The van der Waals surface area contributed by atoms with Crippen LogP contribution in [0.1, 0.15) is 19.3 Å². The number of hydrogen-bond donors (Lipinski definition) is 3. The van der Waals surface area contributed by atoms with Crippen molar-refractivity contribution in [2.24, 2.45) is 0 Å². The highest BCUT2D eigenvalue weighted by Gasteiger charge is 2.19. The van der Waals surface area contributed by atoms with Crippen LogP contribution >= 0.6 is 15.9 Å². The summed E-state index contributed by atoms with van der Waals surface area (Å²) in [6, 6.07) is 15.0. The maximum Gasteiger partial charge on any atom is 0.321 e. The number of anilines is 4. The second-order valence-electron chi connectivity index (χ2n) is 8.15. The third-order valence-corrected chi connectivity index (χ3v) is 7.78. The van der Waals surface area contributed by atoms with Crippen molar-refractivity contribution in [1.29, 1.82) is 0 Å². The van der Waals surface area contributed by atoms with Crippen LogP contribution in [0.2, 0.25) is 0 Å². The number of rotatable bonds is 8. The van der Waals surface area contributed by atoms with Crippen LogP contribution in [0.3, 0.4) is 0 Å². The molecule has 3 N–H and O–H groups in total. The molecular weight excluding hydrogens is 548 g/mol. The molecule has 0 radical (unpaired) electrons. The Morgan fingerprint density at radius 3 is 2.44 bits per heavy atom. The van der Waals surface area contributed by atoms with E-state index in [-0.39, 0.29) is 34.9 Å². The minimum absolute atomic E-state index is 0.135. The van der Waals surface area contributed by atoms with Gasteiger partial charge in [-0.2, -0.15) is 4.98 Å². The first-order valence-corrected chi connectivity index (χ1v) is 13.8. The van der Waals surface area contributed by atoms with E-state index < -0.39 is 15.7 Å². The van der Waals surface area contributed by atoms with Crippen LogP contribution in [0.5, 0.6) is 0 Å². The molecule has 0 saturated carbocycles. The Morgan fingerprint density at radius 1 is 0.972 bits per heavy atom. The van der Waals surface area contributed by atoms with Gasteiger partial charge in [0.15, 0.2) is 15.7 Å². The molecule has 0 atom stereocenters. The van der Waals surface area contributed by atoms with Gasteiger partial charge in [0.25, 0.3) is 0 Å². The van der Waals surface area contributed by atoms with Crippen LogP contribution in [-0.2, 0) is 14.6 Å². The zero-order valence-corrected chi connectivity index (χ0v) is 21.7. The standard InChI is InChI=1S/C24H25BrN6O4S/c25-20-16-26-23(27-17-7-6-8-18(15-17)28-24(33)31-12-4-5-13-31)30-22(20)29-21(32)11-14-36(34,35)19-9-2-1-3-10-19/h1-3,6-10,15-16H,4-5,11-14H2,(H,28,33)(H2,26,27,29,30,32). The summed E-state index contributed by atoms with van der Waals surface area (Å²) in [6.07, 6.45) is 3.27. The lowest BCUT2D eigenvalue weighted by Crippen LogP contribution is -2.32. The van der Waals surface area contributed by atoms with Crippen LogP contribution < -0.4 is 16.0 Å². The number of benzene rings is 2. The first-order chi connectivity index (χ1) is 17.3. The van der Waals surface area contributed by atoms with E-state index in [0.29, 0.717) is 15.8 Å². The molecule has 1 saturated heterocycles. The molecule has 0 aliphatic carbocycles. The van der Waals surface area contributed by atoms with E-state index in [1.165, 1.54) is 18.3 Å². The first kappa shape index (κ1) is 25.6. The monoisotopic (exact) mass is 572 g/mol. The summed E-state index contributed by atoms with van der Waals surface area (Å²) in [5.41, 5.74) is 1.27. The Morgan fingerprint density at radius 2 is 1.69 bits per heavy atom. The predicted molar refractivity (Wildman–Crippen MR) is 141 cm³/mol. The highest BCUT2D eigenvalue weighted by atomic mass is 79.9. The Hall–Kier alpha value is -3.51. The molecule has 0 bridgehead atoms. The van der Waals surface area contributed by atoms with E-state index in [9.17, 15) is 18.0 Å². The van der Waals surface area contributed by atoms with Crippen molar-refractivity contribution in [2.45, 2.75) is 24.2 Å². The van der Waals surface area contributed by atoms with Gasteiger partial charge in [-0.15, -0.1) is 0 Å². The van der Waals surface area contributed by atoms with Gasteiger partial charge >= 0.3 is 6.03 Å². The number of aromatic nitrogens is 2. The second kappa shape index (κ2) is 11.5. The van der Waals surface area contributed by atoms with E-state index in [0.717, 1.165) is 25.9 Å². The lowest BCUT2D eigenvalue weighted by Gasteiger charge is -2.16. The molecule has 0 unspecified atom stereocenters. The summed E-state index contributed by atoms with van der Waals surface area (Å²) < 4.78 is 25.3. The minimum Gasteiger partial charge on any atom is -0.325 e. The zero-order valence-electron chi connectivity index (χ0n) is 19.3. The van der Waals surface area contributed by atoms with Crippen molar-refractivity contribution in [3.8, 4) is 0 Å². The number of hydrogen-bond acceptors (Lipinski definition) is 7. The molecule has 1 aliphatic rings. The largest absolute Gasteiger partial charge is 0.325 e. The number of halogens is 1. The zero-order chi connectivity index (χ0) is 25.5. The summed E-state index contributed by atoms with van der Waals surface area (Å²) in [6.45, 7) is 1.51. The quantitative estimate of drug-likeness (QED) is 0.364. The van der Waals surface area contributed by atoms with Gasteiger partial charge in [-0.1, -0.05) is 24.3 Å². The minimum atomic E-state index is -3.58. The van der Waals surface area contributed by atoms with E-state index in [1.54, 1.807) is 47.4 Å². The molecule has 0 spiro atoms. The number of nitrogens with one attached hydrogen (secondary N) is 3. The van der Waals surface area contributed by atoms with Gasteiger partial charge in [0.1, 0.15) is 0 Å². The summed E-state index contributed by atoms with van der Waals surface area (Å²) in [5.74, 6) is -0.403. The molecule has 1 aromatic heterocycles. The van der Waals surface area contributed by atoms with Gasteiger partial charge in [-0.3, -0.25) is 4.79 Å². The van der Waals surface area contributed by atoms with Crippen molar-refractivity contribution in [1.82, 2.24) is 14.9 Å². The Bertz CT molecular complexity index is 1350. The average molecular weight is 573 g/mol. The number of urea groups is 1. The van der Waals surface area contributed by atoms with Crippen LogP contribution in [0.25, 0.3) is 0 Å². The van der Waals surface area contributed by atoms with E-state index in [4.69, 9.17) is 0 Å². The van der Waals surface area contributed by atoms with Crippen molar-refractivity contribution in [2.75, 3.05) is 34.8 Å². The van der Waals surface area contributed by atoms with Crippen LogP contribution in [0.15, 0.2) is 70.2 Å². The normalized spacial score (nSPS) is 13.3. The van der Waals surface area contributed by atoms with Gasteiger partial charge in [0.2, 0.25) is 11.9 Å². The summed E-state index contributed by atoms with van der Waals surface area (Å²) >= 11 is 3.30. The Balaban J connectivity index is 1.37. The second-order valence-corrected chi connectivity index (χ2v) is 11.1. The fourth-order valence-corrected chi connectivity index (χ4v) is 5.16. The molecule has 10 nitrogen and oxygen atoms in total. The molecule has 3 aromatic rings. The number of likely N-dealkylation sites (tertiary alicyclic amines) is 1. The molecule has 36 heavy (non-hydrogen) atoms. The topological polar surface area (TPSA) is 133 Å². The van der Waals surface area contributed by atoms with E-state index in [2.05, 4.69) is 41.8 Å². The first-order valence-electron chi connectivity index (χ1n) is 11.3. The molecule has 2 aromatic carbocycles. The molecule has 3 amide bonds. The van der Waals surface area contributed by atoms with E-state index in [1.807, 2.05) is 0 Å². The third-order valence-electron chi connectivity index (χ3n) is 5.47. The lowest BCUT2D eigenvalue weighted by molar-refractivity contribution is -0.115. The van der Waals surface area contributed by atoms with Crippen molar-refractivity contribution >= 4 is 60.8 Å². The van der Waals surface area contributed by atoms with Crippen LogP contribution in [-0.4, -0.2) is 54.1 Å². The van der Waals surface area contributed by atoms with Crippen LogP contribution in [0, 0.1) is 0 Å². The number of sulfone groups is 1. The number of carbonyl (C=O) groups excluding carboxylic acids is 2. The fraction of sp³-hybridized carbons (Fsp3) is 0.250. The Labute approximate surface area is 217 Å². The molecule has 1 fully saturated rings. The van der Waals surface area contributed by atoms with Crippen molar-refractivity contribution in [3.63, 3.8) is 0 Å². The molecule has 1 aliphatic heterocycles. The third kappa shape index (κ3) is 6.79. The van der Waals surface area contributed by atoms with Gasteiger partial charge in [-0.05, 0) is 59.1 Å². The SMILES string of the molecule is O=C(CCS(=O)(=O)c1ccccc1)Nc1nc(Nc2cccc(NC(=O)N3CCCC3)c2)ncc1Br. The number of amides is 3. The van der Waals surface area contributed by atoms with Gasteiger partial charge < -0.3 is 20.9 Å². The highest BCUT2D eigenvalue weighted by molar-refractivity contribution is 9.10. The summed E-state index contributed by atoms with van der Waals surface area (Å²) in [7, 11) is -3.58. The maximum absolute atomic E-state index is 12.4. The van der Waals surface area contributed by atoms with Gasteiger partial charge in [0.05, 0.1) is 15.1 Å². The highest BCUT2D eigenvalue weighted by Crippen LogP contribution is 2.24. The predicted octanol–water partition coefficient (Wildman–Crippen LogP) is 4.41. The molecular formula is C24H25BrN6O4S. The van der Waals surface area contributed by atoms with Crippen molar-refractivity contribution < 1.29 is 18.0 Å². The molecule has 2 heterocycles. The van der Waals surface area contributed by atoms with Crippen LogP contribution in [0.4, 0.5) is 27.9 Å². The average Bonchev–Trinajstić information content (AvgIpc) is 3.41. The fourth-order valence-electron chi connectivity index (χ4n) is 3.61.